The number of hydrogen-bond donors (Lipinski definition) is 2. The van der Waals surface area contributed by atoms with Crippen LogP contribution in [-0.4, -0.2) is 34.4 Å². The number of fused-ring (bicyclic) bond motifs is 1. The van der Waals surface area contributed by atoms with Crippen molar-refractivity contribution in [1.82, 2.24) is 15.5 Å². The van der Waals surface area contributed by atoms with Crippen molar-refractivity contribution >= 4 is 5.91 Å². The largest absolute Gasteiger partial charge is 0.375 e. The summed E-state index contributed by atoms with van der Waals surface area (Å²) >= 11 is 0. The summed E-state index contributed by atoms with van der Waals surface area (Å²) in [7, 11) is 0. The Hall–Kier alpha value is -1.36. The molecule has 1 aromatic rings. The van der Waals surface area contributed by atoms with Crippen molar-refractivity contribution in [2.24, 2.45) is 0 Å². The second kappa shape index (κ2) is 6.27. The van der Waals surface area contributed by atoms with E-state index in [1.807, 2.05) is 6.20 Å². The fraction of sp³-hybridized carbons (Fsp3) is 0.778. The molecule has 0 aromatic carbocycles. The van der Waals surface area contributed by atoms with Gasteiger partial charge in [0, 0.05) is 23.9 Å². The zero-order valence-corrected chi connectivity index (χ0v) is 13.8. The smallest absolute Gasteiger partial charge is 0.227 e. The first-order valence-corrected chi connectivity index (χ1v) is 9.22. The van der Waals surface area contributed by atoms with Crippen LogP contribution in [0.25, 0.3) is 0 Å². The molecule has 4 rings (SSSR count). The molecule has 0 radical (unpaired) electrons. The molecule has 0 unspecified atom stereocenters. The highest BCUT2D eigenvalue weighted by atomic mass is 16.5. The van der Waals surface area contributed by atoms with Crippen molar-refractivity contribution in [2.45, 2.75) is 81.8 Å². The third kappa shape index (κ3) is 3.03. The number of hydrogen-bond acceptors (Lipinski definition) is 3. The van der Waals surface area contributed by atoms with Gasteiger partial charge in [0.05, 0.1) is 17.7 Å². The highest BCUT2D eigenvalue weighted by molar-refractivity contribution is 5.84. The van der Waals surface area contributed by atoms with Crippen LogP contribution < -0.4 is 5.32 Å². The molecule has 2 heterocycles. The summed E-state index contributed by atoms with van der Waals surface area (Å²) in [5, 5.41) is 10.5. The maximum Gasteiger partial charge on any atom is 0.227 e. The van der Waals surface area contributed by atoms with E-state index in [1.54, 1.807) is 0 Å². The van der Waals surface area contributed by atoms with Crippen LogP contribution in [-0.2, 0) is 16.0 Å². The van der Waals surface area contributed by atoms with Gasteiger partial charge >= 0.3 is 0 Å². The van der Waals surface area contributed by atoms with Gasteiger partial charge in [-0.1, -0.05) is 19.3 Å². The molecule has 0 bridgehead atoms. The molecule has 5 heteroatoms. The highest BCUT2D eigenvalue weighted by Gasteiger charge is 2.39. The molecule has 5 nitrogen and oxygen atoms in total. The van der Waals surface area contributed by atoms with Crippen molar-refractivity contribution in [3.8, 4) is 0 Å². The monoisotopic (exact) mass is 317 g/mol. The van der Waals surface area contributed by atoms with Gasteiger partial charge in [-0.15, -0.1) is 0 Å². The zero-order chi connectivity index (χ0) is 15.7. The van der Waals surface area contributed by atoms with Crippen LogP contribution in [0, 0.1) is 0 Å². The van der Waals surface area contributed by atoms with E-state index < -0.39 is 0 Å². The number of carbonyl (C=O) groups excluding carboxylic acids is 1. The van der Waals surface area contributed by atoms with Crippen LogP contribution >= 0.6 is 0 Å². The third-order valence-electron chi connectivity index (χ3n) is 5.97. The summed E-state index contributed by atoms with van der Waals surface area (Å²) in [4.78, 5) is 12.8. The van der Waals surface area contributed by atoms with Crippen molar-refractivity contribution in [1.29, 1.82) is 0 Å². The quantitative estimate of drug-likeness (QED) is 0.881. The Morgan fingerprint density at radius 3 is 3.00 bits per heavy atom. The topological polar surface area (TPSA) is 67.0 Å². The van der Waals surface area contributed by atoms with Crippen LogP contribution in [0.1, 0.15) is 75.0 Å². The molecule has 2 atom stereocenters. The SMILES string of the molecule is O=C(N[C@H]1CCOC2(CCCCC2)C1)[C@@H]1CCCc2[nH]ncc21. The summed E-state index contributed by atoms with van der Waals surface area (Å²) in [5.41, 5.74) is 2.29. The van der Waals surface area contributed by atoms with E-state index >= 15 is 0 Å². The minimum absolute atomic E-state index is 0.0253. The van der Waals surface area contributed by atoms with E-state index in [4.69, 9.17) is 4.74 Å². The number of nitrogens with zero attached hydrogens (tertiary/aromatic N) is 1. The number of amides is 1. The number of ether oxygens (including phenoxy) is 1. The van der Waals surface area contributed by atoms with Gasteiger partial charge in [-0.3, -0.25) is 9.89 Å². The average Bonchev–Trinajstić information content (AvgIpc) is 3.04. The molecule has 1 saturated carbocycles. The normalized spacial score (nSPS) is 29.9. The molecule has 2 N–H and O–H groups in total. The van der Waals surface area contributed by atoms with Gasteiger partial charge in [0.1, 0.15) is 0 Å². The summed E-state index contributed by atoms with van der Waals surface area (Å²) in [6, 6.07) is 0.270. The van der Waals surface area contributed by atoms with Crippen molar-refractivity contribution < 1.29 is 9.53 Å². The van der Waals surface area contributed by atoms with Crippen LogP contribution in [0.15, 0.2) is 6.20 Å². The lowest BCUT2D eigenvalue weighted by atomic mass is 9.78. The van der Waals surface area contributed by atoms with E-state index in [-0.39, 0.29) is 23.5 Å². The molecule has 1 aromatic heterocycles. The van der Waals surface area contributed by atoms with E-state index in [0.717, 1.165) is 62.8 Å². The number of carbonyl (C=O) groups is 1. The Kier molecular flexibility index (Phi) is 4.14. The summed E-state index contributed by atoms with van der Waals surface area (Å²) in [6.07, 6.45) is 13.0. The lowest BCUT2D eigenvalue weighted by Crippen LogP contribution is -2.50. The number of nitrogens with one attached hydrogen (secondary N) is 2. The molecule has 2 aliphatic carbocycles. The third-order valence-corrected chi connectivity index (χ3v) is 5.97. The second-order valence-electron chi connectivity index (χ2n) is 7.54. The number of H-pyrrole nitrogens is 1. The molecule has 3 aliphatic rings. The minimum Gasteiger partial charge on any atom is -0.375 e. The Morgan fingerprint density at radius 1 is 1.26 bits per heavy atom. The standard InChI is InChI=1S/C18H27N3O2/c22-17(14-5-4-6-16-15(14)12-19-21-16)20-13-7-10-23-18(11-13)8-2-1-3-9-18/h12-14H,1-11H2,(H,19,21)(H,20,22)/t13-,14+/m0/s1. The van der Waals surface area contributed by atoms with Gasteiger partial charge in [-0.25, -0.2) is 0 Å². The van der Waals surface area contributed by atoms with Crippen LogP contribution in [0.3, 0.4) is 0 Å². The molecule has 1 saturated heterocycles. The van der Waals surface area contributed by atoms with Gasteiger partial charge in [0.15, 0.2) is 0 Å². The van der Waals surface area contributed by atoms with Gasteiger partial charge in [0.25, 0.3) is 0 Å². The summed E-state index contributed by atoms with van der Waals surface area (Å²) < 4.78 is 6.14. The summed E-state index contributed by atoms with van der Waals surface area (Å²) in [5.74, 6) is 0.160. The number of aryl methyl sites for hydroxylation is 1. The number of aromatic nitrogens is 2. The second-order valence-corrected chi connectivity index (χ2v) is 7.54. The Balaban J connectivity index is 1.41. The summed E-state index contributed by atoms with van der Waals surface area (Å²) in [6.45, 7) is 0.784. The molecule has 1 amide bonds. The van der Waals surface area contributed by atoms with Crippen LogP contribution in [0.5, 0.6) is 0 Å². The first-order valence-electron chi connectivity index (χ1n) is 9.22. The van der Waals surface area contributed by atoms with Crippen LogP contribution in [0.4, 0.5) is 0 Å². The van der Waals surface area contributed by atoms with E-state index in [2.05, 4.69) is 15.5 Å². The minimum atomic E-state index is -0.0253. The van der Waals surface area contributed by atoms with E-state index in [0.29, 0.717) is 0 Å². The molecule has 1 spiro atoms. The molecule has 2 fully saturated rings. The van der Waals surface area contributed by atoms with Crippen molar-refractivity contribution in [3.05, 3.63) is 17.5 Å². The van der Waals surface area contributed by atoms with Gasteiger partial charge in [0.2, 0.25) is 5.91 Å². The highest BCUT2D eigenvalue weighted by Crippen LogP contribution is 2.39. The molecule has 23 heavy (non-hydrogen) atoms. The Bertz CT molecular complexity index is 557. The Morgan fingerprint density at radius 2 is 2.13 bits per heavy atom. The zero-order valence-electron chi connectivity index (χ0n) is 13.8. The maximum absolute atomic E-state index is 12.8. The van der Waals surface area contributed by atoms with Gasteiger partial charge < -0.3 is 10.1 Å². The lowest BCUT2D eigenvalue weighted by molar-refractivity contribution is -0.130. The van der Waals surface area contributed by atoms with Crippen molar-refractivity contribution in [3.63, 3.8) is 0 Å². The average molecular weight is 317 g/mol. The first kappa shape index (κ1) is 15.2. The van der Waals surface area contributed by atoms with Gasteiger partial charge in [-0.2, -0.15) is 5.10 Å². The Labute approximate surface area is 137 Å². The first-order chi connectivity index (χ1) is 11.3. The van der Waals surface area contributed by atoms with Crippen LogP contribution in [0.2, 0.25) is 0 Å². The maximum atomic E-state index is 12.8. The molecule has 1 aliphatic heterocycles. The van der Waals surface area contributed by atoms with Crippen molar-refractivity contribution in [2.75, 3.05) is 6.61 Å². The number of rotatable bonds is 2. The molecule has 126 valence electrons. The molecular weight excluding hydrogens is 290 g/mol. The van der Waals surface area contributed by atoms with Gasteiger partial charge in [-0.05, 0) is 44.9 Å². The number of aromatic amines is 1. The fourth-order valence-corrected chi connectivity index (χ4v) is 4.73. The predicted molar refractivity (Wildman–Crippen MR) is 87.2 cm³/mol. The van der Waals surface area contributed by atoms with E-state index in [1.165, 1.54) is 19.3 Å². The fourth-order valence-electron chi connectivity index (χ4n) is 4.73. The lowest BCUT2D eigenvalue weighted by Gasteiger charge is -2.44. The van der Waals surface area contributed by atoms with E-state index in [9.17, 15) is 4.79 Å². The predicted octanol–water partition coefficient (Wildman–Crippen LogP) is 2.83. The molecular formula is C18H27N3O2.